The van der Waals surface area contributed by atoms with Gasteiger partial charge in [0.05, 0.1) is 5.71 Å². The summed E-state index contributed by atoms with van der Waals surface area (Å²) in [5.41, 5.74) is 12.4. The third-order valence-electron chi connectivity index (χ3n) is 5.73. The summed E-state index contributed by atoms with van der Waals surface area (Å²) in [5.74, 6) is -0.280. The van der Waals surface area contributed by atoms with Crippen molar-refractivity contribution in [3.8, 4) is 5.82 Å². The molecule has 0 bridgehead atoms. The second-order valence-corrected chi connectivity index (χ2v) is 7.76. The van der Waals surface area contributed by atoms with E-state index in [0.29, 0.717) is 12.2 Å². The number of nitrogen functional groups attached to an aromatic ring is 1. The van der Waals surface area contributed by atoms with Crippen LogP contribution in [0.5, 0.6) is 0 Å². The summed E-state index contributed by atoms with van der Waals surface area (Å²) in [6, 6.07) is 8.07. The molecule has 160 valence electrons. The molecule has 0 unspecified atom stereocenters. The maximum atomic E-state index is 13.2. The van der Waals surface area contributed by atoms with Gasteiger partial charge < -0.3 is 5.73 Å². The maximum absolute atomic E-state index is 13.2. The predicted octanol–water partition coefficient (Wildman–Crippen LogP) is 1.30. The lowest BCUT2D eigenvalue weighted by Crippen LogP contribution is -2.31. The van der Waals surface area contributed by atoms with E-state index >= 15 is 0 Å². The molecule has 3 aromatic rings. The number of anilines is 1. The van der Waals surface area contributed by atoms with Crippen LogP contribution in [-0.2, 0) is 13.0 Å². The molecule has 11 heteroatoms. The number of hydrogen-bond donors (Lipinski definition) is 2. The Hall–Kier alpha value is -3.60. The summed E-state index contributed by atoms with van der Waals surface area (Å²) >= 11 is 0. The molecule has 2 aliphatic rings. The third-order valence-corrected chi connectivity index (χ3v) is 5.73. The number of aromatic nitrogens is 5. The Balaban J connectivity index is 1.44. The monoisotopic (exact) mass is 421 g/mol. The number of benzene rings is 1. The standard InChI is InChI=1S/C20H23N9O2/c21-18-19(26-31-25-18)29-17(16(23-27-29)12-28-10-4-1-5-11-28)20(30)24-22-15-9-8-13-6-2-3-7-14(13)15/h2-3,6-7H,1,4-5,8-12H2,(H2,21,25)(H,24,30). The van der Waals surface area contributed by atoms with Crippen molar-refractivity contribution in [2.24, 2.45) is 5.10 Å². The molecule has 5 rings (SSSR count). The highest BCUT2D eigenvalue weighted by molar-refractivity contribution is 6.05. The summed E-state index contributed by atoms with van der Waals surface area (Å²) in [6.07, 6.45) is 5.16. The lowest BCUT2D eigenvalue weighted by Gasteiger charge is -2.25. The zero-order valence-electron chi connectivity index (χ0n) is 17.0. The van der Waals surface area contributed by atoms with Crippen LogP contribution in [0.15, 0.2) is 34.0 Å². The van der Waals surface area contributed by atoms with Crippen molar-refractivity contribution in [1.29, 1.82) is 0 Å². The summed E-state index contributed by atoms with van der Waals surface area (Å²) in [4.78, 5) is 15.5. The van der Waals surface area contributed by atoms with Crippen LogP contribution in [0.2, 0.25) is 0 Å². The highest BCUT2D eigenvalue weighted by Gasteiger charge is 2.27. The van der Waals surface area contributed by atoms with E-state index in [9.17, 15) is 4.79 Å². The van der Waals surface area contributed by atoms with Crippen LogP contribution in [0.4, 0.5) is 5.82 Å². The van der Waals surface area contributed by atoms with Gasteiger partial charge in [0, 0.05) is 12.1 Å². The number of aryl methyl sites for hydroxylation is 1. The number of nitrogens with zero attached hydrogens (tertiary/aromatic N) is 7. The summed E-state index contributed by atoms with van der Waals surface area (Å²) in [7, 11) is 0. The van der Waals surface area contributed by atoms with E-state index in [1.54, 1.807) is 0 Å². The van der Waals surface area contributed by atoms with Crippen molar-refractivity contribution >= 4 is 17.4 Å². The first kappa shape index (κ1) is 19.4. The Morgan fingerprint density at radius 3 is 2.81 bits per heavy atom. The Morgan fingerprint density at radius 2 is 2.00 bits per heavy atom. The molecule has 1 amide bonds. The molecule has 1 saturated heterocycles. The molecular formula is C20H23N9O2. The van der Waals surface area contributed by atoms with Gasteiger partial charge in [0.2, 0.25) is 11.6 Å². The molecule has 0 saturated carbocycles. The lowest BCUT2D eigenvalue weighted by atomic mass is 10.1. The van der Waals surface area contributed by atoms with E-state index in [2.05, 4.69) is 42.1 Å². The molecule has 11 nitrogen and oxygen atoms in total. The smallest absolute Gasteiger partial charge is 0.292 e. The number of likely N-dealkylation sites (tertiary alicyclic amines) is 1. The van der Waals surface area contributed by atoms with Crippen molar-refractivity contribution < 1.29 is 9.42 Å². The van der Waals surface area contributed by atoms with Gasteiger partial charge in [-0.3, -0.25) is 9.69 Å². The minimum atomic E-state index is -0.434. The Bertz CT molecular complexity index is 1130. The summed E-state index contributed by atoms with van der Waals surface area (Å²) in [6.45, 7) is 2.43. The van der Waals surface area contributed by atoms with Gasteiger partial charge in [-0.25, -0.2) is 10.1 Å². The molecule has 0 atom stereocenters. The quantitative estimate of drug-likeness (QED) is 0.587. The first-order chi connectivity index (χ1) is 15.2. The highest BCUT2D eigenvalue weighted by atomic mass is 16.6. The Labute approximate surface area is 178 Å². The normalized spacial score (nSPS) is 17.7. The molecule has 1 aliphatic heterocycles. The van der Waals surface area contributed by atoms with Crippen LogP contribution in [0.25, 0.3) is 5.82 Å². The van der Waals surface area contributed by atoms with E-state index in [0.717, 1.165) is 50.0 Å². The Morgan fingerprint density at radius 1 is 1.16 bits per heavy atom. The van der Waals surface area contributed by atoms with E-state index in [1.807, 2.05) is 18.2 Å². The summed E-state index contributed by atoms with van der Waals surface area (Å²) in [5, 5.41) is 20.1. The fourth-order valence-corrected chi connectivity index (χ4v) is 4.16. The van der Waals surface area contributed by atoms with Gasteiger partial charge >= 0.3 is 0 Å². The van der Waals surface area contributed by atoms with Crippen LogP contribution in [0, 0.1) is 0 Å². The number of amides is 1. The number of nitrogens with one attached hydrogen (secondary N) is 1. The van der Waals surface area contributed by atoms with Gasteiger partial charge in [-0.15, -0.1) is 5.10 Å². The topological polar surface area (TPSA) is 140 Å². The van der Waals surface area contributed by atoms with Crippen molar-refractivity contribution in [3.05, 3.63) is 46.8 Å². The molecule has 1 fully saturated rings. The number of piperidine rings is 1. The second kappa shape index (κ2) is 8.26. The number of carbonyl (C=O) groups excluding carboxylic acids is 1. The number of hydrogen-bond acceptors (Lipinski definition) is 9. The van der Waals surface area contributed by atoms with E-state index in [-0.39, 0.29) is 17.3 Å². The molecule has 1 aromatic carbocycles. The van der Waals surface area contributed by atoms with E-state index < -0.39 is 5.91 Å². The SMILES string of the molecule is Nc1nonc1-n1nnc(CN2CCCCC2)c1C(=O)NN=C1CCc2ccccc21. The Kier molecular flexibility index (Phi) is 5.16. The predicted molar refractivity (Wildman–Crippen MR) is 112 cm³/mol. The van der Waals surface area contributed by atoms with Gasteiger partial charge in [0.25, 0.3) is 5.91 Å². The fraction of sp³-hybridized carbons (Fsp3) is 0.400. The highest BCUT2D eigenvalue weighted by Crippen LogP contribution is 2.22. The molecule has 31 heavy (non-hydrogen) atoms. The number of nitrogens with two attached hydrogens (primary N) is 1. The third kappa shape index (κ3) is 3.79. The molecular weight excluding hydrogens is 398 g/mol. The van der Waals surface area contributed by atoms with Crippen molar-refractivity contribution in [2.45, 2.75) is 38.6 Å². The zero-order valence-corrected chi connectivity index (χ0v) is 17.0. The molecule has 2 aromatic heterocycles. The first-order valence-corrected chi connectivity index (χ1v) is 10.4. The van der Waals surface area contributed by atoms with E-state index in [1.165, 1.54) is 16.7 Å². The second-order valence-electron chi connectivity index (χ2n) is 7.76. The molecule has 3 heterocycles. The minimum absolute atomic E-state index is 0.0273. The molecule has 0 radical (unpaired) electrons. The van der Waals surface area contributed by atoms with Crippen LogP contribution < -0.4 is 11.2 Å². The minimum Gasteiger partial charge on any atom is -0.378 e. The summed E-state index contributed by atoms with van der Waals surface area (Å²) < 4.78 is 5.96. The lowest BCUT2D eigenvalue weighted by molar-refractivity contribution is 0.0944. The van der Waals surface area contributed by atoms with Gasteiger partial charge in [0.1, 0.15) is 5.69 Å². The zero-order chi connectivity index (χ0) is 21.2. The van der Waals surface area contributed by atoms with Gasteiger partial charge in [-0.1, -0.05) is 35.9 Å². The fourth-order valence-electron chi connectivity index (χ4n) is 4.16. The number of carbonyl (C=O) groups is 1. The van der Waals surface area contributed by atoms with Crippen molar-refractivity contribution in [2.75, 3.05) is 18.8 Å². The molecule has 3 N–H and O–H groups in total. The average Bonchev–Trinajstić information content (AvgIpc) is 3.51. The van der Waals surface area contributed by atoms with Gasteiger partial charge in [0.15, 0.2) is 5.69 Å². The maximum Gasteiger partial charge on any atom is 0.292 e. The van der Waals surface area contributed by atoms with Gasteiger partial charge in [-0.2, -0.15) is 9.78 Å². The van der Waals surface area contributed by atoms with Gasteiger partial charge in [-0.05, 0) is 54.6 Å². The number of rotatable bonds is 5. The van der Waals surface area contributed by atoms with Crippen molar-refractivity contribution in [1.82, 2.24) is 35.6 Å². The molecule has 1 aliphatic carbocycles. The number of fused-ring (bicyclic) bond motifs is 1. The number of hydrazone groups is 1. The largest absolute Gasteiger partial charge is 0.378 e. The van der Waals surface area contributed by atoms with Crippen LogP contribution in [0.1, 0.15) is 53.0 Å². The van der Waals surface area contributed by atoms with E-state index in [4.69, 9.17) is 10.4 Å². The van der Waals surface area contributed by atoms with Crippen LogP contribution in [-0.4, -0.2) is 54.9 Å². The first-order valence-electron chi connectivity index (χ1n) is 10.4. The van der Waals surface area contributed by atoms with Crippen molar-refractivity contribution in [3.63, 3.8) is 0 Å². The van der Waals surface area contributed by atoms with Crippen LogP contribution >= 0.6 is 0 Å². The molecule has 0 spiro atoms. The average molecular weight is 421 g/mol. The van der Waals surface area contributed by atoms with Crippen LogP contribution in [0.3, 0.4) is 0 Å².